The number of methoxy groups -OCH3 is 1. The fraction of sp³-hybridized carbons (Fsp3) is 0.360. The van der Waals surface area contributed by atoms with Crippen LogP contribution in [-0.2, 0) is 9.59 Å². The molecule has 1 aliphatic rings. The quantitative estimate of drug-likeness (QED) is 0.653. The van der Waals surface area contributed by atoms with E-state index in [2.05, 4.69) is 22.3 Å². The first-order valence-electron chi connectivity index (χ1n) is 10.9. The van der Waals surface area contributed by atoms with Crippen LogP contribution in [0.1, 0.15) is 18.9 Å². The number of carbonyl (C=O) groups is 2. The zero-order valence-corrected chi connectivity index (χ0v) is 18.8. The van der Waals surface area contributed by atoms with E-state index in [4.69, 9.17) is 9.47 Å². The molecule has 0 saturated carbocycles. The Kier molecular flexibility index (Phi) is 8.54. The summed E-state index contributed by atoms with van der Waals surface area (Å²) in [7, 11) is 1.56. The van der Waals surface area contributed by atoms with Gasteiger partial charge in [0, 0.05) is 44.8 Å². The number of carbonyl (C=O) groups excluding carboxylic acids is 2. The smallest absolute Gasteiger partial charge is 0.257 e. The minimum Gasteiger partial charge on any atom is -0.493 e. The fourth-order valence-electron chi connectivity index (χ4n) is 3.61. The van der Waals surface area contributed by atoms with Crippen molar-refractivity contribution in [1.29, 1.82) is 0 Å². The second-order valence-corrected chi connectivity index (χ2v) is 7.50. The van der Waals surface area contributed by atoms with Crippen molar-refractivity contribution in [3.05, 3.63) is 60.2 Å². The molecule has 0 aliphatic carbocycles. The van der Waals surface area contributed by atoms with Gasteiger partial charge in [0.1, 0.15) is 0 Å². The Morgan fingerprint density at radius 2 is 1.78 bits per heavy atom. The third-order valence-electron chi connectivity index (χ3n) is 5.32. The van der Waals surface area contributed by atoms with Crippen molar-refractivity contribution in [1.82, 2.24) is 10.2 Å². The average molecular weight is 438 g/mol. The van der Waals surface area contributed by atoms with Gasteiger partial charge >= 0.3 is 0 Å². The number of ether oxygens (including phenoxy) is 2. The lowest BCUT2D eigenvalue weighted by Crippen LogP contribution is -2.49. The number of amides is 2. The Balaban J connectivity index is 1.36. The molecule has 1 aliphatic heterocycles. The second kappa shape index (κ2) is 11.8. The van der Waals surface area contributed by atoms with Crippen molar-refractivity contribution in [2.45, 2.75) is 13.3 Å². The minimum absolute atomic E-state index is 0.0557. The number of nitrogens with zero attached hydrogens (tertiary/aromatic N) is 2. The van der Waals surface area contributed by atoms with Crippen LogP contribution in [0.3, 0.4) is 0 Å². The van der Waals surface area contributed by atoms with Gasteiger partial charge in [0.05, 0.1) is 7.11 Å². The Morgan fingerprint density at radius 1 is 1.03 bits per heavy atom. The first-order valence-corrected chi connectivity index (χ1v) is 10.9. The number of piperazine rings is 1. The fourth-order valence-corrected chi connectivity index (χ4v) is 3.61. The predicted octanol–water partition coefficient (Wildman–Crippen LogP) is 2.96. The van der Waals surface area contributed by atoms with E-state index in [9.17, 15) is 9.59 Å². The predicted molar refractivity (Wildman–Crippen MR) is 126 cm³/mol. The van der Waals surface area contributed by atoms with E-state index in [0.29, 0.717) is 24.6 Å². The van der Waals surface area contributed by atoms with E-state index in [1.54, 1.807) is 13.2 Å². The van der Waals surface area contributed by atoms with Gasteiger partial charge in [-0.05, 0) is 36.8 Å². The van der Waals surface area contributed by atoms with Crippen molar-refractivity contribution < 1.29 is 19.1 Å². The Labute approximate surface area is 189 Å². The molecule has 7 heteroatoms. The molecular formula is C25H31N3O4. The maximum atomic E-state index is 12.5. The molecule has 3 rings (SSSR count). The molecule has 2 aromatic carbocycles. The number of hydrogen-bond acceptors (Lipinski definition) is 5. The van der Waals surface area contributed by atoms with Gasteiger partial charge in [0.2, 0.25) is 5.91 Å². The summed E-state index contributed by atoms with van der Waals surface area (Å²) in [6.07, 6.45) is 4.17. The van der Waals surface area contributed by atoms with Crippen LogP contribution in [0.4, 0.5) is 5.69 Å². The number of nitrogens with one attached hydrogen (secondary N) is 1. The average Bonchev–Trinajstić information content (AvgIpc) is 2.84. The van der Waals surface area contributed by atoms with Crippen LogP contribution in [0.15, 0.2) is 54.6 Å². The van der Waals surface area contributed by atoms with Gasteiger partial charge in [-0.25, -0.2) is 0 Å². The lowest BCUT2D eigenvalue weighted by atomic mass is 10.2. The van der Waals surface area contributed by atoms with Crippen molar-refractivity contribution in [3.63, 3.8) is 0 Å². The number of para-hydroxylation sites is 1. The van der Waals surface area contributed by atoms with Crippen LogP contribution < -0.4 is 19.7 Å². The summed E-state index contributed by atoms with van der Waals surface area (Å²) in [6.45, 7) is 5.09. The van der Waals surface area contributed by atoms with Crippen LogP contribution in [-0.4, -0.2) is 63.2 Å². The molecule has 2 aromatic rings. The molecular weight excluding hydrogens is 406 g/mol. The molecule has 0 unspecified atom stereocenters. The van der Waals surface area contributed by atoms with Gasteiger partial charge in [-0.15, -0.1) is 0 Å². The molecule has 32 heavy (non-hydrogen) atoms. The molecule has 1 fully saturated rings. The van der Waals surface area contributed by atoms with E-state index < -0.39 is 0 Å². The van der Waals surface area contributed by atoms with Crippen molar-refractivity contribution in [3.8, 4) is 11.5 Å². The SMILES string of the molecule is C/C=C/c1ccc(OCC(=O)NCCC(=O)N2CCN(c3ccccc3)CC2)c(OC)c1. The Hall–Kier alpha value is -3.48. The normalized spacial score (nSPS) is 13.8. The van der Waals surface area contributed by atoms with Crippen molar-refractivity contribution >= 4 is 23.6 Å². The van der Waals surface area contributed by atoms with E-state index in [1.165, 1.54) is 5.69 Å². The van der Waals surface area contributed by atoms with Crippen LogP contribution >= 0.6 is 0 Å². The molecule has 0 spiro atoms. The first kappa shape index (κ1) is 23.2. The molecule has 1 heterocycles. The van der Waals surface area contributed by atoms with Crippen molar-refractivity contribution in [2.75, 3.05) is 51.3 Å². The highest BCUT2D eigenvalue weighted by atomic mass is 16.5. The minimum atomic E-state index is -0.272. The maximum Gasteiger partial charge on any atom is 0.257 e. The summed E-state index contributed by atoms with van der Waals surface area (Å²) in [5, 5.41) is 2.75. The van der Waals surface area contributed by atoms with Gasteiger partial charge in [-0.2, -0.15) is 0 Å². The van der Waals surface area contributed by atoms with Gasteiger partial charge in [-0.1, -0.05) is 36.4 Å². The van der Waals surface area contributed by atoms with Gasteiger partial charge in [0.15, 0.2) is 18.1 Å². The van der Waals surface area contributed by atoms with E-state index in [1.807, 2.05) is 54.3 Å². The Bertz CT molecular complexity index is 922. The van der Waals surface area contributed by atoms with Crippen LogP contribution in [0.2, 0.25) is 0 Å². The zero-order chi connectivity index (χ0) is 22.8. The lowest BCUT2D eigenvalue weighted by molar-refractivity contribution is -0.131. The van der Waals surface area contributed by atoms with E-state index in [0.717, 1.165) is 18.7 Å². The lowest BCUT2D eigenvalue weighted by Gasteiger charge is -2.36. The van der Waals surface area contributed by atoms with E-state index in [-0.39, 0.29) is 31.4 Å². The Morgan fingerprint density at radius 3 is 2.47 bits per heavy atom. The number of allylic oxidation sites excluding steroid dienone is 1. The summed E-state index contributed by atoms with van der Waals surface area (Å²) in [6, 6.07) is 15.7. The second-order valence-electron chi connectivity index (χ2n) is 7.50. The summed E-state index contributed by atoms with van der Waals surface area (Å²) in [4.78, 5) is 28.7. The number of benzene rings is 2. The molecule has 170 valence electrons. The largest absolute Gasteiger partial charge is 0.493 e. The van der Waals surface area contributed by atoms with Crippen LogP contribution in [0, 0.1) is 0 Å². The molecule has 1 saturated heterocycles. The molecule has 0 atom stereocenters. The van der Waals surface area contributed by atoms with Crippen LogP contribution in [0.5, 0.6) is 11.5 Å². The number of hydrogen-bond donors (Lipinski definition) is 1. The molecule has 0 radical (unpaired) electrons. The summed E-state index contributed by atoms with van der Waals surface area (Å²) >= 11 is 0. The van der Waals surface area contributed by atoms with Gasteiger partial charge in [0.25, 0.3) is 5.91 Å². The van der Waals surface area contributed by atoms with Gasteiger partial charge in [-0.3, -0.25) is 9.59 Å². The molecule has 7 nitrogen and oxygen atoms in total. The highest BCUT2D eigenvalue weighted by Gasteiger charge is 2.21. The highest BCUT2D eigenvalue weighted by molar-refractivity contribution is 5.80. The summed E-state index contributed by atoms with van der Waals surface area (Å²) < 4.78 is 10.9. The number of anilines is 1. The molecule has 0 bridgehead atoms. The van der Waals surface area contributed by atoms with Gasteiger partial charge < -0.3 is 24.6 Å². The molecule has 0 aromatic heterocycles. The topological polar surface area (TPSA) is 71.1 Å². The van der Waals surface area contributed by atoms with E-state index >= 15 is 0 Å². The number of rotatable bonds is 9. The van der Waals surface area contributed by atoms with Crippen LogP contribution in [0.25, 0.3) is 6.08 Å². The highest BCUT2D eigenvalue weighted by Crippen LogP contribution is 2.28. The standard InChI is InChI=1S/C25H31N3O4/c1-3-7-20-10-11-22(23(18-20)31-2)32-19-24(29)26-13-12-25(30)28-16-14-27(15-17-28)21-8-5-4-6-9-21/h3-11,18H,12-17,19H2,1-2H3,(H,26,29)/b7-3+. The summed E-state index contributed by atoms with van der Waals surface area (Å²) in [5.74, 6) is 0.855. The summed E-state index contributed by atoms with van der Waals surface area (Å²) in [5.41, 5.74) is 2.17. The molecule has 1 N–H and O–H groups in total. The maximum absolute atomic E-state index is 12.5. The molecule has 2 amide bonds. The third kappa shape index (κ3) is 6.51. The zero-order valence-electron chi connectivity index (χ0n) is 18.8. The first-order chi connectivity index (χ1) is 15.6. The van der Waals surface area contributed by atoms with Crippen molar-refractivity contribution in [2.24, 2.45) is 0 Å². The third-order valence-corrected chi connectivity index (χ3v) is 5.32. The monoisotopic (exact) mass is 437 g/mol.